The predicted octanol–water partition coefficient (Wildman–Crippen LogP) is 2.88. The summed E-state index contributed by atoms with van der Waals surface area (Å²) in [4.78, 5) is 12.2. The fourth-order valence-corrected chi connectivity index (χ4v) is 1.40. The number of nitrogens with one attached hydrogen (secondary N) is 1. The van der Waals surface area contributed by atoms with Crippen LogP contribution >= 0.6 is 0 Å². The molecule has 0 fully saturated rings. The van der Waals surface area contributed by atoms with Crippen LogP contribution in [0.3, 0.4) is 0 Å². The van der Waals surface area contributed by atoms with Crippen LogP contribution in [-0.2, 0) is 4.79 Å². The van der Waals surface area contributed by atoms with Crippen LogP contribution in [0.15, 0.2) is 69.6 Å². The van der Waals surface area contributed by atoms with Gasteiger partial charge in [-0.05, 0) is 24.3 Å². The fourth-order valence-electron chi connectivity index (χ4n) is 1.40. The molecule has 1 aromatic carbocycles. The van der Waals surface area contributed by atoms with E-state index in [0.717, 1.165) is 0 Å². The van der Waals surface area contributed by atoms with E-state index < -0.39 is 5.97 Å². The monoisotopic (exact) mass is 331 g/mol. The number of likely N-dealkylation sites (N-methyl/N-ethyl adjacent to an activating group) is 1. The first-order valence-corrected chi connectivity index (χ1v) is 7.04. The van der Waals surface area contributed by atoms with Crippen molar-refractivity contribution in [2.24, 2.45) is 20.6 Å². The zero-order valence-electron chi connectivity index (χ0n) is 13.9. The van der Waals surface area contributed by atoms with E-state index in [-0.39, 0.29) is 6.54 Å². The first kappa shape index (κ1) is 18.8. The molecule has 1 rings (SSSR count). The largest absolute Gasteiger partial charge is 0.480 e. The maximum absolute atomic E-state index is 10.5. The quantitative estimate of drug-likeness (QED) is 0.534. The molecule has 128 valence electrons. The fraction of sp³-hybridized carbons (Fsp3) is 0.267. The first-order valence-electron chi connectivity index (χ1n) is 7.04. The zero-order valence-corrected chi connectivity index (χ0v) is 13.9. The lowest BCUT2D eigenvalue weighted by atomic mass is 10.3. The Bertz CT molecular complexity index is 638. The van der Waals surface area contributed by atoms with Crippen molar-refractivity contribution in [1.29, 1.82) is 0 Å². The third-order valence-electron chi connectivity index (χ3n) is 2.68. The molecule has 0 aliphatic carbocycles. The Morgan fingerprint density at radius 1 is 1.25 bits per heavy atom. The number of rotatable bonds is 9. The molecule has 0 spiro atoms. The van der Waals surface area contributed by atoms with E-state index >= 15 is 0 Å². The highest BCUT2D eigenvalue weighted by Gasteiger charge is 2.00. The summed E-state index contributed by atoms with van der Waals surface area (Å²) >= 11 is 0. The highest BCUT2D eigenvalue weighted by atomic mass is 16.4. The summed E-state index contributed by atoms with van der Waals surface area (Å²) in [5, 5.41) is 28.6. The lowest BCUT2D eigenvalue weighted by Gasteiger charge is -2.11. The predicted molar refractivity (Wildman–Crippen MR) is 90.8 cm³/mol. The summed E-state index contributed by atoms with van der Waals surface area (Å²) in [6.45, 7) is 3.60. The molecule has 0 amide bonds. The van der Waals surface area contributed by atoms with Gasteiger partial charge in [0.1, 0.15) is 12.4 Å². The summed E-state index contributed by atoms with van der Waals surface area (Å²) in [6, 6.07) is 6.87. The van der Waals surface area contributed by atoms with Gasteiger partial charge >= 0.3 is 5.97 Å². The van der Waals surface area contributed by atoms with Crippen LogP contribution in [0, 0.1) is 0 Å². The lowest BCUT2D eigenvalue weighted by molar-refractivity contribution is -0.138. The van der Waals surface area contributed by atoms with Gasteiger partial charge in [0.2, 0.25) is 0 Å². The minimum Gasteiger partial charge on any atom is -0.480 e. The van der Waals surface area contributed by atoms with Crippen molar-refractivity contribution in [1.82, 2.24) is 15.2 Å². The Kier molecular flexibility index (Phi) is 7.62. The van der Waals surface area contributed by atoms with Gasteiger partial charge in [-0.1, -0.05) is 11.8 Å². The second-order valence-corrected chi connectivity index (χ2v) is 4.75. The van der Waals surface area contributed by atoms with Crippen LogP contribution in [0.2, 0.25) is 0 Å². The number of hydrogen-bond donors (Lipinski definition) is 2. The molecular weight excluding hydrogens is 310 g/mol. The maximum atomic E-state index is 10.5. The van der Waals surface area contributed by atoms with Crippen molar-refractivity contribution in [2.75, 3.05) is 27.7 Å². The number of carbonyl (C=O) groups is 1. The average molecular weight is 331 g/mol. The number of hydrogen-bond acceptors (Lipinski definition) is 7. The molecule has 9 nitrogen and oxygen atoms in total. The maximum Gasteiger partial charge on any atom is 0.324 e. The molecular formula is C15H21N7O2. The molecule has 2 N–H and O–H groups in total. The van der Waals surface area contributed by atoms with Crippen molar-refractivity contribution < 1.29 is 9.90 Å². The molecule has 24 heavy (non-hydrogen) atoms. The standard InChI is InChI=1S/C15H21N7O2/c1-12(21(3)10-9-16-2)17-18-13-5-7-14(8-6-13)19-20-22(4)11-15(23)24/h5-10,16H,1,11H2,2-4H3,(H,23,24)/b10-9-,18-17?,20-19?. The van der Waals surface area contributed by atoms with Crippen LogP contribution in [-0.4, -0.2) is 48.7 Å². The SMILES string of the molecule is C=C(N=Nc1ccc(N=NN(C)CC(=O)O)cc1)N(C)/C=C\NC. The Morgan fingerprint density at radius 2 is 1.83 bits per heavy atom. The van der Waals surface area contributed by atoms with Crippen LogP contribution in [0.4, 0.5) is 11.4 Å². The third-order valence-corrected chi connectivity index (χ3v) is 2.68. The third kappa shape index (κ3) is 7.16. The minimum atomic E-state index is -0.970. The second kappa shape index (κ2) is 9.72. The molecule has 0 aromatic heterocycles. The molecule has 0 radical (unpaired) electrons. The van der Waals surface area contributed by atoms with E-state index in [1.54, 1.807) is 48.6 Å². The zero-order chi connectivity index (χ0) is 17.9. The van der Waals surface area contributed by atoms with Gasteiger partial charge in [-0.2, -0.15) is 0 Å². The van der Waals surface area contributed by atoms with Gasteiger partial charge < -0.3 is 15.3 Å². The number of azo groups is 1. The van der Waals surface area contributed by atoms with E-state index in [1.807, 2.05) is 7.05 Å². The van der Waals surface area contributed by atoms with Crippen LogP contribution in [0.5, 0.6) is 0 Å². The number of carboxylic acid groups (broad SMARTS) is 1. The van der Waals surface area contributed by atoms with Crippen molar-refractivity contribution in [3.8, 4) is 0 Å². The number of carboxylic acids is 1. The summed E-state index contributed by atoms with van der Waals surface area (Å²) in [5.74, 6) is -0.484. The van der Waals surface area contributed by atoms with Crippen molar-refractivity contribution >= 4 is 17.3 Å². The molecule has 0 atom stereocenters. The second-order valence-electron chi connectivity index (χ2n) is 4.75. The molecule has 0 saturated heterocycles. The molecule has 0 aliphatic heterocycles. The molecule has 0 heterocycles. The summed E-state index contributed by atoms with van der Waals surface area (Å²) < 4.78 is 0. The van der Waals surface area contributed by atoms with Gasteiger partial charge in [0, 0.05) is 33.5 Å². The van der Waals surface area contributed by atoms with Gasteiger partial charge in [-0.3, -0.25) is 9.80 Å². The van der Waals surface area contributed by atoms with Gasteiger partial charge in [-0.25, -0.2) is 0 Å². The summed E-state index contributed by atoms with van der Waals surface area (Å²) in [6.07, 6.45) is 3.53. The van der Waals surface area contributed by atoms with Crippen molar-refractivity contribution in [2.45, 2.75) is 0 Å². The number of nitrogens with zero attached hydrogens (tertiary/aromatic N) is 6. The van der Waals surface area contributed by atoms with Gasteiger partial charge in [0.25, 0.3) is 0 Å². The molecule has 0 unspecified atom stereocenters. The minimum absolute atomic E-state index is 0.215. The molecule has 0 bridgehead atoms. The highest BCUT2D eigenvalue weighted by Crippen LogP contribution is 2.20. The Morgan fingerprint density at radius 3 is 2.38 bits per heavy atom. The Hall–Kier alpha value is -3.23. The van der Waals surface area contributed by atoms with E-state index in [2.05, 4.69) is 32.5 Å². The first-order chi connectivity index (χ1) is 11.4. The molecule has 1 aromatic rings. The van der Waals surface area contributed by atoms with Crippen LogP contribution in [0.25, 0.3) is 0 Å². The normalized spacial score (nSPS) is 11.3. The summed E-state index contributed by atoms with van der Waals surface area (Å²) in [7, 11) is 5.14. The van der Waals surface area contributed by atoms with E-state index in [4.69, 9.17) is 5.11 Å². The van der Waals surface area contributed by atoms with Crippen LogP contribution < -0.4 is 5.32 Å². The summed E-state index contributed by atoms with van der Waals surface area (Å²) in [5.41, 5.74) is 1.22. The lowest BCUT2D eigenvalue weighted by Crippen LogP contribution is -2.19. The van der Waals surface area contributed by atoms with Crippen molar-refractivity contribution in [3.63, 3.8) is 0 Å². The number of benzene rings is 1. The smallest absolute Gasteiger partial charge is 0.324 e. The topological polar surface area (TPSA) is 105 Å². The van der Waals surface area contributed by atoms with E-state index in [9.17, 15) is 4.79 Å². The Balaban J connectivity index is 2.63. The Labute approximate surface area is 140 Å². The number of aliphatic carboxylic acids is 1. The molecule has 0 saturated carbocycles. The highest BCUT2D eigenvalue weighted by molar-refractivity contribution is 5.68. The average Bonchev–Trinajstić information content (AvgIpc) is 2.55. The molecule has 9 heteroatoms. The van der Waals surface area contributed by atoms with Gasteiger partial charge in [0.05, 0.1) is 11.4 Å². The molecule has 0 aliphatic rings. The van der Waals surface area contributed by atoms with Crippen LogP contribution in [0.1, 0.15) is 0 Å². The van der Waals surface area contributed by atoms with Gasteiger partial charge in [-0.15, -0.1) is 15.3 Å². The van der Waals surface area contributed by atoms with E-state index in [0.29, 0.717) is 17.2 Å². The van der Waals surface area contributed by atoms with Crippen molar-refractivity contribution in [3.05, 3.63) is 49.1 Å². The van der Waals surface area contributed by atoms with Gasteiger partial charge in [0.15, 0.2) is 0 Å². The van der Waals surface area contributed by atoms with E-state index in [1.165, 1.54) is 12.1 Å².